The number of nitrogens with one attached hydrogen (secondary N) is 2. The Bertz CT molecular complexity index is 844. The van der Waals surface area contributed by atoms with Gasteiger partial charge in [0.25, 0.3) is 0 Å². The van der Waals surface area contributed by atoms with E-state index >= 15 is 0 Å². The van der Waals surface area contributed by atoms with E-state index in [0.717, 1.165) is 57.4 Å². The molecular weight excluding hydrogens is 406 g/mol. The van der Waals surface area contributed by atoms with Gasteiger partial charge in [-0.3, -0.25) is 0 Å². The SMILES string of the molecule is CCNC(=S)Nc1nc(N2CCCCCC2)cc(N2CCN(c3ccccc3)CC2)n1. The molecule has 0 atom stereocenters. The molecule has 8 heteroatoms. The Morgan fingerprint density at radius 2 is 1.42 bits per heavy atom. The van der Waals surface area contributed by atoms with E-state index in [1.807, 2.05) is 6.92 Å². The van der Waals surface area contributed by atoms with Crippen molar-refractivity contribution < 1.29 is 0 Å². The molecule has 0 aliphatic carbocycles. The van der Waals surface area contributed by atoms with E-state index in [1.54, 1.807) is 0 Å². The zero-order chi connectivity index (χ0) is 21.5. The first-order valence-corrected chi connectivity index (χ1v) is 11.9. The van der Waals surface area contributed by atoms with Crippen LogP contribution in [0.3, 0.4) is 0 Å². The molecule has 7 nitrogen and oxygen atoms in total. The van der Waals surface area contributed by atoms with Crippen molar-refractivity contribution >= 4 is 40.6 Å². The second-order valence-corrected chi connectivity index (χ2v) is 8.51. The summed E-state index contributed by atoms with van der Waals surface area (Å²) in [6.07, 6.45) is 5.03. The lowest BCUT2D eigenvalue weighted by molar-refractivity contribution is 0.646. The lowest BCUT2D eigenvalue weighted by atomic mass is 10.2. The zero-order valence-electron chi connectivity index (χ0n) is 18.4. The Labute approximate surface area is 190 Å². The second kappa shape index (κ2) is 10.6. The molecule has 2 N–H and O–H groups in total. The van der Waals surface area contributed by atoms with E-state index in [9.17, 15) is 0 Å². The molecule has 0 amide bonds. The maximum absolute atomic E-state index is 5.39. The van der Waals surface area contributed by atoms with Crippen LogP contribution in [0.4, 0.5) is 23.3 Å². The van der Waals surface area contributed by atoms with E-state index in [4.69, 9.17) is 22.2 Å². The molecule has 0 saturated carbocycles. The van der Waals surface area contributed by atoms with Crippen molar-refractivity contribution in [1.82, 2.24) is 15.3 Å². The molecule has 166 valence electrons. The third-order valence-corrected chi connectivity index (χ3v) is 6.16. The first-order chi connectivity index (χ1) is 15.2. The summed E-state index contributed by atoms with van der Waals surface area (Å²) in [5.41, 5.74) is 1.29. The number of piperazine rings is 1. The average Bonchev–Trinajstić information content (AvgIpc) is 3.09. The van der Waals surface area contributed by atoms with Crippen LogP contribution in [0.15, 0.2) is 36.4 Å². The number of thiocarbonyl (C=S) groups is 1. The molecule has 1 aromatic heterocycles. The van der Waals surface area contributed by atoms with Crippen LogP contribution in [0.25, 0.3) is 0 Å². The van der Waals surface area contributed by atoms with Crippen molar-refractivity contribution in [3.8, 4) is 0 Å². The highest BCUT2D eigenvalue weighted by atomic mass is 32.1. The van der Waals surface area contributed by atoms with Crippen LogP contribution < -0.4 is 25.3 Å². The summed E-state index contributed by atoms with van der Waals surface area (Å²) in [5.74, 6) is 2.55. The molecule has 3 heterocycles. The van der Waals surface area contributed by atoms with Crippen LogP contribution >= 0.6 is 12.2 Å². The van der Waals surface area contributed by atoms with Crippen LogP contribution in [0.5, 0.6) is 0 Å². The normalized spacial score (nSPS) is 17.3. The van der Waals surface area contributed by atoms with Gasteiger partial charge in [-0.15, -0.1) is 0 Å². The summed E-state index contributed by atoms with van der Waals surface area (Å²) in [4.78, 5) is 16.8. The van der Waals surface area contributed by atoms with Crippen LogP contribution in [0.2, 0.25) is 0 Å². The highest BCUT2D eigenvalue weighted by molar-refractivity contribution is 7.80. The Kier molecular flexibility index (Phi) is 7.40. The number of hydrogen-bond donors (Lipinski definition) is 2. The number of rotatable bonds is 5. The van der Waals surface area contributed by atoms with E-state index in [2.05, 4.69) is 61.7 Å². The Morgan fingerprint density at radius 1 is 0.839 bits per heavy atom. The molecule has 4 rings (SSSR count). The molecule has 1 aromatic carbocycles. The van der Waals surface area contributed by atoms with Gasteiger partial charge in [0, 0.05) is 57.6 Å². The predicted octanol–water partition coefficient (Wildman–Crippen LogP) is 3.49. The number of benzene rings is 1. The molecule has 0 radical (unpaired) electrons. The van der Waals surface area contributed by atoms with Crippen molar-refractivity contribution in [2.45, 2.75) is 32.6 Å². The van der Waals surface area contributed by atoms with Gasteiger partial charge in [0.05, 0.1) is 0 Å². The van der Waals surface area contributed by atoms with E-state index in [1.165, 1.54) is 31.4 Å². The largest absolute Gasteiger partial charge is 0.368 e. The van der Waals surface area contributed by atoms with Gasteiger partial charge in [-0.05, 0) is 44.1 Å². The quantitative estimate of drug-likeness (QED) is 0.687. The van der Waals surface area contributed by atoms with Gasteiger partial charge < -0.3 is 25.3 Å². The predicted molar refractivity (Wildman–Crippen MR) is 133 cm³/mol. The van der Waals surface area contributed by atoms with Gasteiger partial charge in [-0.2, -0.15) is 9.97 Å². The average molecular weight is 440 g/mol. The summed E-state index contributed by atoms with van der Waals surface area (Å²) in [7, 11) is 0. The number of para-hydroxylation sites is 1. The van der Waals surface area contributed by atoms with Crippen LogP contribution in [-0.2, 0) is 0 Å². The fourth-order valence-corrected chi connectivity index (χ4v) is 4.48. The van der Waals surface area contributed by atoms with Gasteiger partial charge in [-0.25, -0.2) is 0 Å². The first-order valence-electron chi connectivity index (χ1n) is 11.5. The van der Waals surface area contributed by atoms with Crippen LogP contribution in [0, 0.1) is 0 Å². The second-order valence-electron chi connectivity index (χ2n) is 8.10. The fraction of sp³-hybridized carbons (Fsp3) is 0.522. The molecule has 2 saturated heterocycles. The molecule has 0 spiro atoms. The van der Waals surface area contributed by atoms with Gasteiger partial charge in [0.15, 0.2) is 5.11 Å². The highest BCUT2D eigenvalue weighted by Gasteiger charge is 2.21. The van der Waals surface area contributed by atoms with Crippen molar-refractivity contribution in [2.24, 2.45) is 0 Å². The molecule has 31 heavy (non-hydrogen) atoms. The van der Waals surface area contributed by atoms with Crippen LogP contribution in [-0.4, -0.2) is 60.9 Å². The van der Waals surface area contributed by atoms with Gasteiger partial charge in [-0.1, -0.05) is 31.0 Å². The minimum Gasteiger partial charge on any atom is -0.368 e. The molecule has 2 aliphatic heterocycles. The number of nitrogens with zero attached hydrogens (tertiary/aromatic N) is 5. The summed E-state index contributed by atoms with van der Waals surface area (Å²) in [5, 5.41) is 6.88. The molecule has 0 unspecified atom stereocenters. The monoisotopic (exact) mass is 439 g/mol. The fourth-order valence-electron chi connectivity index (χ4n) is 4.24. The van der Waals surface area contributed by atoms with E-state index in [-0.39, 0.29) is 0 Å². The minimum atomic E-state index is 0.565. The van der Waals surface area contributed by atoms with E-state index < -0.39 is 0 Å². The summed E-state index contributed by atoms with van der Waals surface area (Å²) < 4.78 is 0. The van der Waals surface area contributed by atoms with Crippen molar-refractivity contribution in [3.05, 3.63) is 36.4 Å². The minimum absolute atomic E-state index is 0.565. The number of hydrogen-bond acceptors (Lipinski definition) is 6. The van der Waals surface area contributed by atoms with Crippen molar-refractivity contribution in [3.63, 3.8) is 0 Å². The Hall–Kier alpha value is -2.61. The number of anilines is 4. The summed E-state index contributed by atoms with van der Waals surface area (Å²) >= 11 is 5.39. The standard InChI is InChI=1S/C23H33N7S/c1-2-24-23(31)27-22-25-20(29-12-8-3-4-9-13-29)18-21(26-22)30-16-14-28(15-17-30)19-10-6-5-7-11-19/h5-7,10-11,18H,2-4,8-9,12-17H2,1H3,(H2,24,25,26,27,31). The highest BCUT2D eigenvalue weighted by Crippen LogP contribution is 2.25. The molecule has 2 fully saturated rings. The summed E-state index contributed by atoms with van der Waals surface area (Å²) in [6.45, 7) is 8.72. The Morgan fingerprint density at radius 3 is 2.03 bits per heavy atom. The summed E-state index contributed by atoms with van der Waals surface area (Å²) in [6, 6.07) is 12.8. The molecular formula is C23H33N7S. The smallest absolute Gasteiger partial charge is 0.232 e. The maximum Gasteiger partial charge on any atom is 0.232 e. The zero-order valence-corrected chi connectivity index (χ0v) is 19.2. The molecule has 2 aliphatic rings. The van der Waals surface area contributed by atoms with Gasteiger partial charge >= 0.3 is 0 Å². The van der Waals surface area contributed by atoms with E-state index in [0.29, 0.717) is 11.1 Å². The maximum atomic E-state index is 5.39. The van der Waals surface area contributed by atoms with Crippen LogP contribution in [0.1, 0.15) is 32.6 Å². The van der Waals surface area contributed by atoms with Gasteiger partial charge in [0.1, 0.15) is 11.6 Å². The third kappa shape index (κ3) is 5.76. The van der Waals surface area contributed by atoms with Crippen molar-refractivity contribution in [1.29, 1.82) is 0 Å². The third-order valence-electron chi connectivity index (χ3n) is 5.92. The van der Waals surface area contributed by atoms with Crippen molar-refractivity contribution in [2.75, 3.05) is 65.8 Å². The number of aromatic nitrogens is 2. The lowest BCUT2D eigenvalue weighted by Gasteiger charge is -2.37. The van der Waals surface area contributed by atoms with Gasteiger partial charge in [0.2, 0.25) is 5.95 Å². The Balaban J connectivity index is 1.52. The molecule has 0 bridgehead atoms. The first kappa shape index (κ1) is 21.6. The topological polar surface area (TPSA) is 59.6 Å². The molecule has 2 aromatic rings. The lowest BCUT2D eigenvalue weighted by Crippen LogP contribution is -2.47.